The molecule has 1 aromatic carbocycles. The van der Waals surface area contributed by atoms with Gasteiger partial charge >= 0.3 is 0 Å². The molecule has 1 aliphatic rings. The van der Waals surface area contributed by atoms with E-state index in [4.69, 9.17) is 9.26 Å². The first-order valence-electron chi connectivity index (χ1n) is 7.91. The SMILES string of the molecule is Cc1cc(C(=O)N2CCN(C(=O)COc3cccc(F)c3)CC2)no1. The molecule has 8 heteroatoms. The van der Waals surface area contributed by atoms with Gasteiger partial charge in [0.2, 0.25) is 0 Å². The third-order valence-corrected chi connectivity index (χ3v) is 3.93. The number of hydrogen-bond acceptors (Lipinski definition) is 5. The van der Waals surface area contributed by atoms with Crippen molar-refractivity contribution < 1.29 is 23.2 Å². The maximum atomic E-state index is 13.1. The molecule has 0 unspecified atom stereocenters. The van der Waals surface area contributed by atoms with Gasteiger partial charge in [-0.3, -0.25) is 9.59 Å². The quantitative estimate of drug-likeness (QED) is 0.837. The number of piperazine rings is 1. The standard InChI is InChI=1S/C17H18FN3O4/c1-12-9-15(19-25-12)17(23)21-7-5-20(6-8-21)16(22)11-24-14-4-2-3-13(18)10-14/h2-4,9-10H,5-8,11H2,1H3. The molecular formula is C17H18FN3O4. The van der Waals surface area contributed by atoms with Gasteiger partial charge in [0, 0.05) is 38.3 Å². The van der Waals surface area contributed by atoms with E-state index in [1.807, 2.05) is 0 Å². The Morgan fingerprint density at radius 3 is 2.56 bits per heavy atom. The van der Waals surface area contributed by atoms with E-state index < -0.39 is 5.82 Å². The van der Waals surface area contributed by atoms with Crippen LogP contribution in [-0.2, 0) is 4.79 Å². The molecule has 25 heavy (non-hydrogen) atoms. The number of halogens is 1. The summed E-state index contributed by atoms with van der Waals surface area (Å²) in [5, 5.41) is 3.72. The summed E-state index contributed by atoms with van der Waals surface area (Å²) in [7, 11) is 0. The monoisotopic (exact) mass is 347 g/mol. The maximum absolute atomic E-state index is 13.1. The van der Waals surface area contributed by atoms with Gasteiger partial charge in [0.25, 0.3) is 11.8 Å². The van der Waals surface area contributed by atoms with E-state index in [0.29, 0.717) is 37.7 Å². The number of hydrogen-bond donors (Lipinski definition) is 0. The highest BCUT2D eigenvalue weighted by atomic mass is 19.1. The van der Waals surface area contributed by atoms with Crippen molar-refractivity contribution >= 4 is 11.8 Å². The van der Waals surface area contributed by atoms with E-state index in [1.54, 1.807) is 28.9 Å². The third-order valence-electron chi connectivity index (χ3n) is 3.93. The normalized spacial score (nSPS) is 14.5. The molecule has 2 amide bonds. The van der Waals surface area contributed by atoms with Crippen molar-refractivity contribution in [2.75, 3.05) is 32.8 Å². The first-order valence-corrected chi connectivity index (χ1v) is 7.91. The van der Waals surface area contributed by atoms with E-state index in [1.165, 1.54) is 18.2 Å². The van der Waals surface area contributed by atoms with Crippen LogP contribution in [0.3, 0.4) is 0 Å². The van der Waals surface area contributed by atoms with Crippen LogP contribution < -0.4 is 4.74 Å². The number of amides is 2. The number of carbonyl (C=O) groups is 2. The fourth-order valence-electron chi connectivity index (χ4n) is 2.58. The molecule has 1 aromatic heterocycles. The van der Waals surface area contributed by atoms with Crippen LogP contribution in [0.25, 0.3) is 0 Å². The van der Waals surface area contributed by atoms with E-state index in [0.717, 1.165) is 0 Å². The Labute approximate surface area is 143 Å². The lowest BCUT2D eigenvalue weighted by Gasteiger charge is -2.34. The highest BCUT2D eigenvalue weighted by Gasteiger charge is 2.26. The summed E-state index contributed by atoms with van der Waals surface area (Å²) in [4.78, 5) is 27.7. The van der Waals surface area contributed by atoms with Crippen LogP contribution >= 0.6 is 0 Å². The minimum absolute atomic E-state index is 0.167. The molecule has 0 saturated carbocycles. The maximum Gasteiger partial charge on any atom is 0.276 e. The Hall–Kier alpha value is -2.90. The predicted octanol–water partition coefficient (Wildman–Crippen LogP) is 1.49. The minimum Gasteiger partial charge on any atom is -0.484 e. The highest BCUT2D eigenvalue weighted by Crippen LogP contribution is 2.13. The largest absolute Gasteiger partial charge is 0.484 e. The number of nitrogens with zero attached hydrogens (tertiary/aromatic N) is 3. The minimum atomic E-state index is -0.417. The van der Waals surface area contributed by atoms with Gasteiger partial charge in [-0.25, -0.2) is 4.39 Å². The Kier molecular flexibility index (Phi) is 4.97. The molecule has 0 spiro atoms. The van der Waals surface area contributed by atoms with Crippen LogP contribution in [0.5, 0.6) is 5.75 Å². The third kappa shape index (κ3) is 4.14. The van der Waals surface area contributed by atoms with E-state index in [2.05, 4.69) is 5.16 Å². The van der Waals surface area contributed by atoms with Crippen LogP contribution in [0.2, 0.25) is 0 Å². The summed E-state index contributed by atoms with van der Waals surface area (Å²) < 4.78 is 23.3. The summed E-state index contributed by atoms with van der Waals surface area (Å²) in [5.74, 6) is 0.0593. The van der Waals surface area contributed by atoms with Crippen molar-refractivity contribution in [3.8, 4) is 5.75 Å². The van der Waals surface area contributed by atoms with Gasteiger partial charge in [0.1, 0.15) is 17.3 Å². The first-order chi connectivity index (χ1) is 12.0. The number of benzene rings is 1. The zero-order valence-electron chi connectivity index (χ0n) is 13.8. The molecule has 2 heterocycles. The van der Waals surface area contributed by atoms with Gasteiger partial charge in [0.15, 0.2) is 12.3 Å². The van der Waals surface area contributed by atoms with Gasteiger partial charge < -0.3 is 19.1 Å². The van der Waals surface area contributed by atoms with Crippen LogP contribution in [0.1, 0.15) is 16.2 Å². The van der Waals surface area contributed by atoms with E-state index >= 15 is 0 Å². The van der Waals surface area contributed by atoms with Crippen molar-refractivity contribution in [1.82, 2.24) is 15.0 Å². The lowest BCUT2D eigenvalue weighted by molar-refractivity contribution is -0.134. The van der Waals surface area contributed by atoms with Crippen molar-refractivity contribution in [2.45, 2.75) is 6.92 Å². The average molecular weight is 347 g/mol. The van der Waals surface area contributed by atoms with E-state index in [-0.39, 0.29) is 24.1 Å². The topological polar surface area (TPSA) is 75.9 Å². The van der Waals surface area contributed by atoms with Crippen LogP contribution in [0.4, 0.5) is 4.39 Å². The molecule has 1 aliphatic heterocycles. The molecule has 2 aromatic rings. The first kappa shape index (κ1) is 16.9. The molecule has 0 aliphatic carbocycles. The molecular weight excluding hydrogens is 329 g/mol. The molecule has 0 atom stereocenters. The van der Waals surface area contributed by atoms with Crippen molar-refractivity contribution in [3.63, 3.8) is 0 Å². The molecule has 0 bridgehead atoms. The smallest absolute Gasteiger partial charge is 0.276 e. The van der Waals surface area contributed by atoms with Gasteiger partial charge in [-0.05, 0) is 19.1 Å². The second-order valence-electron chi connectivity index (χ2n) is 5.74. The molecule has 1 fully saturated rings. The summed E-state index contributed by atoms with van der Waals surface area (Å²) >= 11 is 0. The number of carbonyl (C=O) groups excluding carboxylic acids is 2. The molecule has 132 valence electrons. The van der Waals surface area contributed by atoms with Crippen molar-refractivity contribution in [1.29, 1.82) is 0 Å². The summed E-state index contributed by atoms with van der Waals surface area (Å²) in [5.41, 5.74) is 0.270. The Balaban J connectivity index is 1.48. The molecule has 7 nitrogen and oxygen atoms in total. The molecule has 0 N–H and O–H groups in total. The number of ether oxygens (including phenoxy) is 1. The number of aryl methyl sites for hydroxylation is 1. The fourth-order valence-corrected chi connectivity index (χ4v) is 2.58. The zero-order valence-corrected chi connectivity index (χ0v) is 13.8. The van der Waals surface area contributed by atoms with Crippen LogP contribution in [-0.4, -0.2) is 59.6 Å². The molecule has 1 saturated heterocycles. The van der Waals surface area contributed by atoms with Gasteiger partial charge in [-0.1, -0.05) is 11.2 Å². The summed E-state index contributed by atoms with van der Waals surface area (Å²) in [6, 6.07) is 7.23. The second kappa shape index (κ2) is 7.33. The molecule has 0 radical (unpaired) electrons. The average Bonchev–Trinajstić information content (AvgIpc) is 3.06. The van der Waals surface area contributed by atoms with Crippen molar-refractivity contribution in [2.24, 2.45) is 0 Å². The summed E-state index contributed by atoms with van der Waals surface area (Å²) in [6.07, 6.45) is 0. The Bertz CT molecular complexity index is 769. The van der Waals surface area contributed by atoms with Gasteiger partial charge in [0.05, 0.1) is 0 Å². The summed E-state index contributed by atoms with van der Waals surface area (Å²) in [6.45, 7) is 3.20. The van der Waals surface area contributed by atoms with Gasteiger partial charge in [-0.2, -0.15) is 0 Å². The lowest BCUT2D eigenvalue weighted by atomic mass is 10.2. The number of aromatic nitrogens is 1. The predicted molar refractivity (Wildman–Crippen MR) is 85.6 cm³/mol. The fraction of sp³-hybridized carbons (Fsp3) is 0.353. The van der Waals surface area contributed by atoms with Gasteiger partial charge in [-0.15, -0.1) is 0 Å². The highest BCUT2D eigenvalue weighted by molar-refractivity contribution is 5.92. The van der Waals surface area contributed by atoms with Crippen LogP contribution in [0.15, 0.2) is 34.9 Å². The second-order valence-corrected chi connectivity index (χ2v) is 5.74. The Morgan fingerprint density at radius 2 is 1.92 bits per heavy atom. The zero-order chi connectivity index (χ0) is 17.8. The lowest BCUT2D eigenvalue weighted by Crippen LogP contribution is -2.51. The van der Waals surface area contributed by atoms with E-state index in [9.17, 15) is 14.0 Å². The molecule has 3 rings (SSSR count). The Morgan fingerprint density at radius 1 is 1.20 bits per heavy atom. The van der Waals surface area contributed by atoms with Crippen molar-refractivity contribution in [3.05, 3.63) is 47.6 Å². The number of rotatable bonds is 4. The van der Waals surface area contributed by atoms with Crippen LogP contribution in [0, 0.1) is 12.7 Å².